The Bertz CT molecular complexity index is 1560. The van der Waals surface area contributed by atoms with E-state index in [-0.39, 0.29) is 16.9 Å². The van der Waals surface area contributed by atoms with E-state index in [1.807, 2.05) is 49.4 Å². The van der Waals surface area contributed by atoms with Crippen molar-refractivity contribution in [3.05, 3.63) is 119 Å². The van der Waals surface area contributed by atoms with Gasteiger partial charge in [0.05, 0.1) is 31.4 Å². The zero-order valence-corrected chi connectivity index (χ0v) is 21.8. The summed E-state index contributed by atoms with van der Waals surface area (Å²) >= 11 is 0. The number of aliphatic hydroxyl groups is 1. The number of carbonyl (C=O) groups excluding carboxylic acids is 2. The summed E-state index contributed by atoms with van der Waals surface area (Å²) in [5, 5.41) is 11.6. The normalized spacial score (nSPS) is 16.3. The van der Waals surface area contributed by atoms with Gasteiger partial charge in [-0.2, -0.15) is 0 Å². The predicted octanol–water partition coefficient (Wildman–Crippen LogP) is 6.43. The lowest BCUT2D eigenvalue weighted by Crippen LogP contribution is -2.29. The minimum absolute atomic E-state index is 0.0547. The molecular formula is C32H27NO6. The van der Waals surface area contributed by atoms with Crippen LogP contribution in [0.15, 0.2) is 103 Å². The molecule has 4 aromatic rings. The minimum Gasteiger partial charge on any atom is -0.507 e. The number of benzene rings is 4. The largest absolute Gasteiger partial charge is 0.507 e. The van der Waals surface area contributed by atoms with Crippen molar-refractivity contribution < 1.29 is 28.9 Å². The first-order valence-electron chi connectivity index (χ1n) is 12.3. The molecule has 1 unspecified atom stereocenters. The number of amides is 1. The summed E-state index contributed by atoms with van der Waals surface area (Å²) in [6, 6.07) is 27.7. The van der Waals surface area contributed by atoms with Crippen LogP contribution in [-0.2, 0) is 9.59 Å². The Hall–Kier alpha value is -5.04. The summed E-state index contributed by atoms with van der Waals surface area (Å²) < 4.78 is 16.8. The van der Waals surface area contributed by atoms with Crippen molar-refractivity contribution in [1.29, 1.82) is 0 Å². The van der Waals surface area contributed by atoms with Crippen molar-refractivity contribution >= 4 is 23.1 Å². The minimum atomic E-state index is -0.918. The number of aryl methyl sites for hydroxylation is 1. The Morgan fingerprint density at radius 3 is 2.18 bits per heavy atom. The van der Waals surface area contributed by atoms with E-state index >= 15 is 0 Å². The highest BCUT2D eigenvalue weighted by Gasteiger charge is 2.47. The van der Waals surface area contributed by atoms with Crippen LogP contribution < -0.4 is 19.1 Å². The van der Waals surface area contributed by atoms with E-state index in [1.165, 1.54) is 19.1 Å². The number of hydrogen-bond donors (Lipinski definition) is 1. The van der Waals surface area contributed by atoms with E-state index in [0.29, 0.717) is 34.2 Å². The number of Topliss-reactive ketones (excluding diaryl/α,β-unsaturated/α-hetero) is 1. The molecule has 1 aliphatic rings. The van der Waals surface area contributed by atoms with Crippen molar-refractivity contribution in [2.45, 2.75) is 13.0 Å². The van der Waals surface area contributed by atoms with Gasteiger partial charge < -0.3 is 19.3 Å². The van der Waals surface area contributed by atoms with Crippen LogP contribution in [0.3, 0.4) is 0 Å². The molecule has 39 heavy (non-hydrogen) atoms. The molecule has 1 atom stereocenters. The topological polar surface area (TPSA) is 85.3 Å². The van der Waals surface area contributed by atoms with E-state index < -0.39 is 17.7 Å². The van der Waals surface area contributed by atoms with Gasteiger partial charge in [0.15, 0.2) is 0 Å². The number of aliphatic hydroxyl groups excluding tert-OH is 1. The SMILES string of the molecule is COc1ccc(/C(O)=C2\C(=O)C(=O)N(c3ccc(C)cc3)C2c2cccc(Oc3ccccc3)c2)c(OC)c1. The summed E-state index contributed by atoms with van der Waals surface area (Å²) in [5.74, 6) is 0.0963. The van der Waals surface area contributed by atoms with Crippen LogP contribution >= 0.6 is 0 Å². The Balaban J connectivity index is 1.69. The van der Waals surface area contributed by atoms with Gasteiger partial charge in [-0.25, -0.2) is 0 Å². The monoisotopic (exact) mass is 521 g/mol. The van der Waals surface area contributed by atoms with Gasteiger partial charge >= 0.3 is 0 Å². The lowest BCUT2D eigenvalue weighted by atomic mass is 9.94. The standard InChI is InChI=1S/C32H27NO6/c1-20-12-14-22(15-13-20)33-29(21-8-7-11-25(18-21)39-23-9-5-4-6-10-23)28(31(35)32(33)36)30(34)26-17-16-24(37-2)19-27(26)38-3/h4-19,29,34H,1-3H3/b30-28+. The van der Waals surface area contributed by atoms with Crippen LogP contribution in [0.4, 0.5) is 5.69 Å². The Kier molecular flexibility index (Phi) is 7.06. The molecule has 7 nitrogen and oxygen atoms in total. The van der Waals surface area contributed by atoms with Gasteiger partial charge in [-0.3, -0.25) is 14.5 Å². The van der Waals surface area contributed by atoms with E-state index in [4.69, 9.17) is 14.2 Å². The van der Waals surface area contributed by atoms with Crippen LogP contribution in [-0.4, -0.2) is 31.0 Å². The Morgan fingerprint density at radius 2 is 1.49 bits per heavy atom. The Labute approximate surface area is 226 Å². The van der Waals surface area contributed by atoms with Crippen LogP contribution in [0.25, 0.3) is 5.76 Å². The molecule has 196 valence electrons. The molecule has 1 fully saturated rings. The summed E-state index contributed by atoms with van der Waals surface area (Å²) in [5.41, 5.74) is 2.34. The molecule has 4 aromatic carbocycles. The lowest BCUT2D eigenvalue weighted by Gasteiger charge is -2.26. The maximum absolute atomic E-state index is 13.5. The molecule has 0 aromatic heterocycles. The molecule has 1 aliphatic heterocycles. The molecule has 1 N–H and O–H groups in total. The average molecular weight is 522 g/mol. The fourth-order valence-corrected chi connectivity index (χ4v) is 4.63. The highest BCUT2D eigenvalue weighted by atomic mass is 16.5. The number of rotatable bonds is 7. The summed E-state index contributed by atoms with van der Waals surface area (Å²) in [6.07, 6.45) is 0. The molecule has 5 rings (SSSR count). The summed E-state index contributed by atoms with van der Waals surface area (Å²) in [4.78, 5) is 28.5. The van der Waals surface area contributed by atoms with Crippen molar-refractivity contribution in [2.24, 2.45) is 0 Å². The number of para-hydroxylation sites is 1. The molecule has 0 spiro atoms. The van der Waals surface area contributed by atoms with Crippen molar-refractivity contribution in [2.75, 3.05) is 19.1 Å². The third-order valence-electron chi connectivity index (χ3n) is 6.57. The van der Waals surface area contributed by atoms with Crippen LogP contribution in [0.1, 0.15) is 22.7 Å². The second-order valence-electron chi connectivity index (χ2n) is 9.06. The van der Waals surface area contributed by atoms with Gasteiger partial charge in [0, 0.05) is 11.8 Å². The molecule has 1 amide bonds. The van der Waals surface area contributed by atoms with Gasteiger partial charge in [0.2, 0.25) is 0 Å². The van der Waals surface area contributed by atoms with Crippen molar-refractivity contribution in [3.63, 3.8) is 0 Å². The van der Waals surface area contributed by atoms with E-state index in [9.17, 15) is 14.7 Å². The quantitative estimate of drug-likeness (QED) is 0.171. The second kappa shape index (κ2) is 10.8. The van der Waals surface area contributed by atoms with Crippen LogP contribution in [0, 0.1) is 6.92 Å². The number of nitrogens with zero attached hydrogens (tertiary/aromatic N) is 1. The summed E-state index contributed by atoms with van der Waals surface area (Å²) in [6.45, 7) is 1.94. The fourth-order valence-electron chi connectivity index (χ4n) is 4.63. The van der Waals surface area contributed by atoms with Crippen LogP contribution in [0.2, 0.25) is 0 Å². The fraction of sp³-hybridized carbons (Fsp3) is 0.125. The zero-order chi connectivity index (χ0) is 27.5. The van der Waals surface area contributed by atoms with Gasteiger partial charge in [0.25, 0.3) is 11.7 Å². The third kappa shape index (κ3) is 4.94. The lowest BCUT2D eigenvalue weighted by molar-refractivity contribution is -0.132. The molecule has 0 bridgehead atoms. The zero-order valence-electron chi connectivity index (χ0n) is 21.8. The van der Waals surface area contributed by atoms with Crippen molar-refractivity contribution in [3.8, 4) is 23.0 Å². The maximum atomic E-state index is 13.5. The number of ketones is 1. The smallest absolute Gasteiger partial charge is 0.300 e. The first-order chi connectivity index (χ1) is 18.9. The highest BCUT2D eigenvalue weighted by Crippen LogP contribution is 2.44. The molecule has 7 heteroatoms. The molecule has 0 radical (unpaired) electrons. The third-order valence-corrected chi connectivity index (χ3v) is 6.57. The number of carbonyl (C=O) groups is 2. The number of methoxy groups -OCH3 is 2. The van der Waals surface area contributed by atoms with Gasteiger partial charge in [-0.05, 0) is 61.0 Å². The first-order valence-corrected chi connectivity index (χ1v) is 12.3. The first kappa shape index (κ1) is 25.6. The molecule has 1 saturated heterocycles. The second-order valence-corrected chi connectivity index (χ2v) is 9.06. The molecular weight excluding hydrogens is 494 g/mol. The summed E-state index contributed by atoms with van der Waals surface area (Å²) in [7, 11) is 2.98. The maximum Gasteiger partial charge on any atom is 0.300 e. The molecule has 0 saturated carbocycles. The number of ether oxygens (including phenoxy) is 3. The Morgan fingerprint density at radius 1 is 0.769 bits per heavy atom. The van der Waals surface area contributed by atoms with Gasteiger partial charge in [-0.1, -0.05) is 48.0 Å². The number of hydrogen-bond acceptors (Lipinski definition) is 6. The number of anilines is 1. The molecule has 0 aliphatic carbocycles. The van der Waals surface area contributed by atoms with E-state index in [0.717, 1.165) is 5.56 Å². The average Bonchev–Trinajstić information content (AvgIpc) is 3.23. The van der Waals surface area contributed by atoms with Gasteiger partial charge in [-0.15, -0.1) is 0 Å². The molecule has 1 heterocycles. The van der Waals surface area contributed by atoms with Crippen molar-refractivity contribution in [1.82, 2.24) is 0 Å². The predicted molar refractivity (Wildman–Crippen MR) is 148 cm³/mol. The highest BCUT2D eigenvalue weighted by molar-refractivity contribution is 6.51. The van der Waals surface area contributed by atoms with Crippen LogP contribution in [0.5, 0.6) is 23.0 Å². The van der Waals surface area contributed by atoms with E-state index in [1.54, 1.807) is 54.6 Å². The van der Waals surface area contributed by atoms with Gasteiger partial charge in [0.1, 0.15) is 28.8 Å². The van der Waals surface area contributed by atoms with E-state index in [2.05, 4.69) is 0 Å².